The van der Waals surface area contributed by atoms with Gasteiger partial charge < -0.3 is 5.32 Å². The molecule has 1 heterocycles. The molecule has 0 aliphatic rings. The van der Waals surface area contributed by atoms with Crippen molar-refractivity contribution in [2.75, 3.05) is 11.5 Å². The summed E-state index contributed by atoms with van der Waals surface area (Å²) in [5.74, 6) is 2.37. The molecular weight excluding hydrogens is 218 g/mol. The van der Waals surface area contributed by atoms with E-state index in [1.54, 1.807) is 0 Å². The van der Waals surface area contributed by atoms with Gasteiger partial charge in [-0.15, -0.1) is 0 Å². The van der Waals surface area contributed by atoms with Gasteiger partial charge in [0, 0.05) is 36.6 Å². The number of aryl methyl sites for hydroxylation is 2. The summed E-state index contributed by atoms with van der Waals surface area (Å²) >= 11 is 1.98. The van der Waals surface area contributed by atoms with Crippen molar-refractivity contribution in [2.24, 2.45) is 7.05 Å². The minimum Gasteiger partial charge on any atom is -0.309 e. The van der Waals surface area contributed by atoms with Crippen LogP contribution in [0.15, 0.2) is 0 Å². The summed E-state index contributed by atoms with van der Waals surface area (Å²) in [6, 6.07) is 0.559. The fourth-order valence-electron chi connectivity index (χ4n) is 1.70. The number of thioether (sulfide) groups is 1. The Balaban J connectivity index is 2.48. The minimum atomic E-state index is 0.559. The van der Waals surface area contributed by atoms with Gasteiger partial charge in [-0.25, -0.2) is 0 Å². The van der Waals surface area contributed by atoms with Crippen LogP contribution in [0.2, 0.25) is 0 Å². The van der Waals surface area contributed by atoms with E-state index >= 15 is 0 Å². The van der Waals surface area contributed by atoms with Crippen molar-refractivity contribution in [3.63, 3.8) is 0 Å². The predicted octanol–water partition coefficient (Wildman–Crippen LogP) is 2.27. The van der Waals surface area contributed by atoms with E-state index in [0.717, 1.165) is 12.2 Å². The molecule has 3 nitrogen and oxygen atoms in total. The fraction of sp³-hybridized carbons (Fsp3) is 0.750. The average Bonchev–Trinajstić information content (AvgIpc) is 2.48. The lowest BCUT2D eigenvalue weighted by Crippen LogP contribution is -2.28. The number of hydrogen-bond donors (Lipinski definition) is 1. The van der Waals surface area contributed by atoms with E-state index < -0.39 is 0 Å². The van der Waals surface area contributed by atoms with Gasteiger partial charge in [0.15, 0.2) is 0 Å². The highest BCUT2D eigenvalue weighted by Crippen LogP contribution is 2.12. The zero-order chi connectivity index (χ0) is 12.1. The Labute approximate surface area is 103 Å². The SMILES string of the molecule is CCSCC(C)NCc1c(C)nn(C)c1C. The van der Waals surface area contributed by atoms with Crippen molar-refractivity contribution in [1.82, 2.24) is 15.1 Å². The molecule has 1 aromatic rings. The lowest BCUT2D eigenvalue weighted by molar-refractivity contribution is 0.592. The van der Waals surface area contributed by atoms with Crippen LogP contribution in [-0.2, 0) is 13.6 Å². The molecule has 1 unspecified atom stereocenters. The highest BCUT2D eigenvalue weighted by atomic mass is 32.2. The molecule has 0 aromatic carbocycles. The van der Waals surface area contributed by atoms with Crippen molar-refractivity contribution in [3.05, 3.63) is 17.0 Å². The van der Waals surface area contributed by atoms with Crippen LogP contribution in [0.5, 0.6) is 0 Å². The number of rotatable bonds is 6. The first-order chi connectivity index (χ1) is 7.56. The van der Waals surface area contributed by atoms with Crippen LogP contribution >= 0.6 is 11.8 Å². The van der Waals surface area contributed by atoms with Crippen molar-refractivity contribution >= 4 is 11.8 Å². The predicted molar refractivity (Wildman–Crippen MR) is 72.0 cm³/mol. The number of aromatic nitrogens is 2. The van der Waals surface area contributed by atoms with Gasteiger partial charge >= 0.3 is 0 Å². The molecule has 0 saturated heterocycles. The Kier molecular flexibility index (Phi) is 5.35. The smallest absolute Gasteiger partial charge is 0.0641 e. The third kappa shape index (κ3) is 3.52. The Morgan fingerprint density at radius 2 is 2.12 bits per heavy atom. The van der Waals surface area contributed by atoms with Crippen molar-refractivity contribution < 1.29 is 0 Å². The quantitative estimate of drug-likeness (QED) is 0.828. The van der Waals surface area contributed by atoms with Crippen molar-refractivity contribution in [3.8, 4) is 0 Å². The Morgan fingerprint density at radius 1 is 1.44 bits per heavy atom. The zero-order valence-corrected chi connectivity index (χ0v) is 11.8. The third-order valence-electron chi connectivity index (χ3n) is 2.86. The monoisotopic (exact) mass is 241 g/mol. The van der Waals surface area contributed by atoms with Crippen LogP contribution < -0.4 is 5.32 Å². The normalized spacial score (nSPS) is 13.1. The van der Waals surface area contributed by atoms with Gasteiger partial charge in [-0.05, 0) is 26.5 Å². The average molecular weight is 241 g/mol. The molecule has 0 aliphatic carbocycles. The van der Waals surface area contributed by atoms with E-state index in [2.05, 4.69) is 38.1 Å². The molecule has 92 valence electrons. The van der Waals surface area contributed by atoms with Crippen molar-refractivity contribution in [2.45, 2.75) is 40.3 Å². The number of nitrogens with zero attached hydrogens (tertiary/aromatic N) is 2. The topological polar surface area (TPSA) is 29.9 Å². The Bertz CT molecular complexity index is 333. The van der Waals surface area contributed by atoms with Gasteiger partial charge in [-0.1, -0.05) is 6.92 Å². The van der Waals surface area contributed by atoms with Gasteiger partial charge in [0.25, 0.3) is 0 Å². The van der Waals surface area contributed by atoms with Crippen LogP contribution in [0.4, 0.5) is 0 Å². The fourth-order valence-corrected chi connectivity index (χ4v) is 2.41. The van der Waals surface area contributed by atoms with E-state index in [1.165, 1.54) is 22.8 Å². The summed E-state index contributed by atoms with van der Waals surface area (Å²) in [4.78, 5) is 0. The molecule has 1 rings (SSSR count). The van der Waals surface area contributed by atoms with E-state index in [-0.39, 0.29) is 0 Å². The van der Waals surface area contributed by atoms with E-state index in [9.17, 15) is 0 Å². The molecule has 4 heteroatoms. The third-order valence-corrected chi connectivity index (χ3v) is 4.00. The van der Waals surface area contributed by atoms with Crippen LogP contribution in [0.3, 0.4) is 0 Å². The molecule has 16 heavy (non-hydrogen) atoms. The lowest BCUT2D eigenvalue weighted by Gasteiger charge is -2.13. The zero-order valence-electron chi connectivity index (χ0n) is 11.0. The Morgan fingerprint density at radius 3 is 2.62 bits per heavy atom. The first kappa shape index (κ1) is 13.6. The molecule has 1 aromatic heterocycles. The molecule has 0 spiro atoms. The summed E-state index contributed by atoms with van der Waals surface area (Å²) in [5, 5.41) is 7.98. The second-order valence-electron chi connectivity index (χ2n) is 4.21. The molecule has 0 saturated carbocycles. The highest BCUT2D eigenvalue weighted by molar-refractivity contribution is 7.99. The summed E-state index contributed by atoms with van der Waals surface area (Å²) in [7, 11) is 2.00. The standard InChI is InChI=1S/C12H23N3S/c1-6-16-8-9(2)13-7-12-10(3)14-15(5)11(12)4/h9,13H,6-8H2,1-5H3. The van der Waals surface area contributed by atoms with Crippen molar-refractivity contribution in [1.29, 1.82) is 0 Å². The first-order valence-corrected chi connectivity index (χ1v) is 7.01. The molecule has 1 atom stereocenters. The molecule has 0 radical (unpaired) electrons. The van der Waals surface area contributed by atoms with E-state index in [1.807, 2.05) is 23.5 Å². The second kappa shape index (κ2) is 6.30. The Hall–Kier alpha value is -0.480. The summed E-state index contributed by atoms with van der Waals surface area (Å²) in [5.41, 5.74) is 3.75. The second-order valence-corrected chi connectivity index (χ2v) is 5.53. The summed E-state index contributed by atoms with van der Waals surface area (Å²) in [6.45, 7) is 9.57. The molecule has 0 fully saturated rings. The van der Waals surface area contributed by atoms with Crippen LogP contribution in [0.25, 0.3) is 0 Å². The van der Waals surface area contributed by atoms with Gasteiger partial charge in [-0.3, -0.25) is 4.68 Å². The lowest BCUT2D eigenvalue weighted by atomic mass is 10.2. The maximum atomic E-state index is 4.42. The largest absolute Gasteiger partial charge is 0.309 e. The highest BCUT2D eigenvalue weighted by Gasteiger charge is 2.10. The van der Waals surface area contributed by atoms with Gasteiger partial charge in [0.2, 0.25) is 0 Å². The van der Waals surface area contributed by atoms with E-state index in [4.69, 9.17) is 0 Å². The van der Waals surface area contributed by atoms with Gasteiger partial charge in [-0.2, -0.15) is 16.9 Å². The minimum absolute atomic E-state index is 0.559. The molecular formula is C12H23N3S. The number of nitrogens with one attached hydrogen (secondary N) is 1. The van der Waals surface area contributed by atoms with Crippen LogP contribution in [0.1, 0.15) is 30.8 Å². The van der Waals surface area contributed by atoms with E-state index in [0.29, 0.717) is 6.04 Å². The summed E-state index contributed by atoms with van der Waals surface area (Å²) < 4.78 is 1.96. The maximum Gasteiger partial charge on any atom is 0.0641 e. The van der Waals surface area contributed by atoms with Crippen LogP contribution in [-0.4, -0.2) is 27.3 Å². The van der Waals surface area contributed by atoms with Crippen LogP contribution in [0, 0.1) is 13.8 Å². The maximum absolute atomic E-state index is 4.42. The number of hydrogen-bond acceptors (Lipinski definition) is 3. The molecule has 0 amide bonds. The molecule has 0 bridgehead atoms. The van der Waals surface area contributed by atoms with Gasteiger partial charge in [0.1, 0.15) is 0 Å². The first-order valence-electron chi connectivity index (χ1n) is 5.86. The summed E-state index contributed by atoms with van der Waals surface area (Å²) in [6.07, 6.45) is 0. The molecule has 0 aliphatic heterocycles. The van der Waals surface area contributed by atoms with Gasteiger partial charge in [0.05, 0.1) is 5.69 Å². The molecule has 1 N–H and O–H groups in total.